The molecule has 0 aliphatic carbocycles. The van der Waals surface area contributed by atoms with Crippen molar-refractivity contribution in [2.75, 3.05) is 23.4 Å². The van der Waals surface area contributed by atoms with Crippen LogP contribution in [0.5, 0.6) is 0 Å². The van der Waals surface area contributed by atoms with Crippen LogP contribution in [0.3, 0.4) is 0 Å². The van der Waals surface area contributed by atoms with Gasteiger partial charge in [-0.1, -0.05) is 28.1 Å². The van der Waals surface area contributed by atoms with Crippen molar-refractivity contribution in [2.24, 2.45) is 0 Å². The van der Waals surface area contributed by atoms with Gasteiger partial charge in [-0.15, -0.1) is 12.4 Å². The molecule has 1 aliphatic rings. The first-order valence-corrected chi connectivity index (χ1v) is 9.53. The fraction of sp³-hybridized carbons (Fsp3) is 0.375. The van der Waals surface area contributed by atoms with Crippen LogP contribution in [0.15, 0.2) is 41.0 Å². The second-order valence-corrected chi connectivity index (χ2v) is 7.55. The van der Waals surface area contributed by atoms with Gasteiger partial charge in [0.25, 0.3) is 0 Å². The quantitative estimate of drug-likeness (QED) is 0.763. The van der Waals surface area contributed by atoms with Crippen molar-refractivity contribution in [3.63, 3.8) is 0 Å². The summed E-state index contributed by atoms with van der Waals surface area (Å²) in [6.45, 7) is 1.60. The van der Waals surface area contributed by atoms with Crippen LogP contribution in [0.4, 0.5) is 5.82 Å². The van der Waals surface area contributed by atoms with E-state index < -0.39 is 0 Å². The average molecular weight is 432 g/mol. The third-order valence-electron chi connectivity index (χ3n) is 3.64. The largest absolute Gasteiger partial charge is 0.312 e. The fourth-order valence-corrected chi connectivity index (χ4v) is 3.94. The Morgan fingerprint density at radius 1 is 1.46 bits per heavy atom. The molecule has 3 rings (SSSR count). The van der Waals surface area contributed by atoms with Crippen LogP contribution in [0.25, 0.3) is 0 Å². The molecule has 1 amide bonds. The van der Waals surface area contributed by atoms with Crippen LogP contribution in [0.1, 0.15) is 12.0 Å². The lowest BCUT2D eigenvalue weighted by atomic mass is 10.2. The minimum absolute atomic E-state index is 0. The first-order valence-electron chi connectivity index (χ1n) is 7.58. The third-order valence-corrected chi connectivity index (χ3v) is 5.26. The van der Waals surface area contributed by atoms with Crippen molar-refractivity contribution in [1.82, 2.24) is 15.1 Å². The van der Waals surface area contributed by atoms with Gasteiger partial charge >= 0.3 is 0 Å². The van der Waals surface area contributed by atoms with E-state index in [1.807, 2.05) is 40.7 Å². The molecular formula is C16H20BrClN4OS. The lowest BCUT2D eigenvalue weighted by molar-refractivity contribution is -0.116. The summed E-state index contributed by atoms with van der Waals surface area (Å²) in [4.78, 5) is 12.2. The molecule has 24 heavy (non-hydrogen) atoms. The highest BCUT2D eigenvalue weighted by molar-refractivity contribution is 9.10. The molecule has 2 aromatic rings. The van der Waals surface area contributed by atoms with Gasteiger partial charge in [-0.2, -0.15) is 16.9 Å². The van der Waals surface area contributed by atoms with E-state index >= 15 is 0 Å². The number of amides is 1. The Morgan fingerprint density at radius 3 is 3.08 bits per heavy atom. The normalized spacial score (nSPS) is 17.1. The van der Waals surface area contributed by atoms with E-state index in [9.17, 15) is 4.79 Å². The molecule has 2 heterocycles. The van der Waals surface area contributed by atoms with Gasteiger partial charge in [0.05, 0.1) is 12.7 Å². The Morgan fingerprint density at radius 2 is 2.33 bits per heavy atom. The summed E-state index contributed by atoms with van der Waals surface area (Å²) in [6, 6.07) is 10.2. The van der Waals surface area contributed by atoms with Crippen LogP contribution < -0.4 is 10.6 Å². The molecular weight excluding hydrogens is 412 g/mol. The van der Waals surface area contributed by atoms with Gasteiger partial charge in [-0.3, -0.25) is 4.79 Å². The summed E-state index contributed by atoms with van der Waals surface area (Å²) in [5.74, 6) is 2.88. The zero-order chi connectivity index (χ0) is 16.1. The van der Waals surface area contributed by atoms with E-state index in [2.05, 4.69) is 37.7 Å². The van der Waals surface area contributed by atoms with Gasteiger partial charge in [-0.05, 0) is 17.7 Å². The van der Waals surface area contributed by atoms with Crippen LogP contribution in [-0.4, -0.2) is 39.8 Å². The predicted molar refractivity (Wildman–Crippen MR) is 105 cm³/mol. The lowest BCUT2D eigenvalue weighted by Gasteiger charge is -2.22. The molecule has 1 aromatic heterocycles. The first kappa shape index (κ1) is 19.3. The minimum Gasteiger partial charge on any atom is -0.312 e. The van der Waals surface area contributed by atoms with Gasteiger partial charge < -0.3 is 10.6 Å². The number of aromatic nitrogens is 2. The van der Waals surface area contributed by atoms with E-state index in [0.717, 1.165) is 33.9 Å². The Labute approximate surface area is 160 Å². The minimum atomic E-state index is 0. The molecule has 0 saturated carbocycles. The number of anilines is 1. The second-order valence-electron chi connectivity index (χ2n) is 5.48. The standard InChI is InChI=1S/C16H19BrN4OS.ClH/c17-13-3-1-2-12(8-13)10-21-15(4-5-19-21)20-16(22)9-14-11-23-7-6-18-14;/h1-5,8,14,18H,6-7,9-11H2,(H,20,22);1H. The maximum absolute atomic E-state index is 12.2. The monoisotopic (exact) mass is 430 g/mol. The molecule has 1 unspecified atom stereocenters. The average Bonchev–Trinajstić information content (AvgIpc) is 2.95. The van der Waals surface area contributed by atoms with Gasteiger partial charge in [0.2, 0.25) is 5.91 Å². The van der Waals surface area contributed by atoms with Crippen LogP contribution in [-0.2, 0) is 11.3 Å². The summed E-state index contributed by atoms with van der Waals surface area (Å²) in [6.07, 6.45) is 2.21. The van der Waals surface area contributed by atoms with Gasteiger partial charge in [0.1, 0.15) is 5.82 Å². The fourth-order valence-electron chi connectivity index (χ4n) is 2.54. The van der Waals surface area contributed by atoms with Crippen LogP contribution in [0.2, 0.25) is 0 Å². The zero-order valence-electron chi connectivity index (χ0n) is 13.1. The van der Waals surface area contributed by atoms with Gasteiger partial charge in [0.15, 0.2) is 0 Å². The molecule has 1 saturated heterocycles. The van der Waals surface area contributed by atoms with Gasteiger partial charge in [-0.25, -0.2) is 4.68 Å². The summed E-state index contributed by atoms with van der Waals surface area (Å²) < 4.78 is 2.84. The van der Waals surface area contributed by atoms with Crippen molar-refractivity contribution in [2.45, 2.75) is 19.0 Å². The highest BCUT2D eigenvalue weighted by Gasteiger charge is 2.17. The van der Waals surface area contributed by atoms with Crippen LogP contribution >= 0.6 is 40.1 Å². The summed E-state index contributed by atoms with van der Waals surface area (Å²) in [7, 11) is 0. The summed E-state index contributed by atoms with van der Waals surface area (Å²) in [5, 5.41) is 10.7. The van der Waals surface area contributed by atoms with E-state index in [-0.39, 0.29) is 24.4 Å². The van der Waals surface area contributed by atoms with E-state index in [1.54, 1.807) is 6.20 Å². The number of nitrogens with zero attached hydrogens (tertiary/aromatic N) is 2. The van der Waals surface area contributed by atoms with E-state index in [0.29, 0.717) is 13.0 Å². The molecule has 5 nitrogen and oxygen atoms in total. The molecule has 8 heteroatoms. The molecule has 2 N–H and O–H groups in total. The number of halogens is 2. The maximum atomic E-state index is 12.2. The summed E-state index contributed by atoms with van der Waals surface area (Å²) in [5.41, 5.74) is 1.13. The third kappa shape index (κ3) is 5.51. The Hall–Kier alpha value is -1.02. The molecule has 1 aliphatic heterocycles. The summed E-state index contributed by atoms with van der Waals surface area (Å²) >= 11 is 5.37. The number of hydrogen-bond acceptors (Lipinski definition) is 4. The van der Waals surface area contributed by atoms with Gasteiger partial charge in [0, 0.05) is 41.1 Å². The topological polar surface area (TPSA) is 59.0 Å². The predicted octanol–water partition coefficient (Wildman–Crippen LogP) is 3.15. The number of hydrogen-bond donors (Lipinski definition) is 2. The zero-order valence-corrected chi connectivity index (χ0v) is 16.3. The Balaban J connectivity index is 0.00000208. The van der Waals surface area contributed by atoms with E-state index in [1.165, 1.54) is 0 Å². The first-order chi connectivity index (χ1) is 11.2. The number of carbonyl (C=O) groups excluding carboxylic acids is 1. The Kier molecular flexibility index (Phi) is 7.61. The Bertz CT molecular complexity index is 676. The van der Waals surface area contributed by atoms with Crippen molar-refractivity contribution in [3.05, 3.63) is 46.6 Å². The molecule has 130 valence electrons. The molecule has 0 spiro atoms. The number of thioether (sulfide) groups is 1. The number of benzene rings is 1. The van der Waals surface area contributed by atoms with Crippen LogP contribution in [0, 0.1) is 0 Å². The molecule has 0 bridgehead atoms. The van der Waals surface area contributed by atoms with Crippen molar-refractivity contribution in [3.8, 4) is 0 Å². The maximum Gasteiger partial charge on any atom is 0.227 e. The number of carbonyl (C=O) groups is 1. The van der Waals surface area contributed by atoms with E-state index in [4.69, 9.17) is 0 Å². The highest BCUT2D eigenvalue weighted by Crippen LogP contribution is 2.16. The number of nitrogens with one attached hydrogen (secondary N) is 2. The number of rotatable bonds is 5. The molecule has 1 aromatic carbocycles. The molecule has 0 radical (unpaired) electrons. The second kappa shape index (κ2) is 9.46. The molecule has 1 atom stereocenters. The smallest absolute Gasteiger partial charge is 0.227 e. The van der Waals surface area contributed by atoms with Crippen molar-refractivity contribution < 1.29 is 4.79 Å². The molecule has 1 fully saturated rings. The lowest BCUT2D eigenvalue weighted by Crippen LogP contribution is -2.40. The van der Waals surface area contributed by atoms with Crippen molar-refractivity contribution in [1.29, 1.82) is 0 Å². The van der Waals surface area contributed by atoms with Crippen molar-refractivity contribution >= 4 is 51.8 Å². The highest BCUT2D eigenvalue weighted by atomic mass is 79.9. The SMILES string of the molecule is Cl.O=C(CC1CSCCN1)Nc1ccnn1Cc1cccc(Br)c1.